The molecule has 0 saturated carbocycles. The monoisotopic (exact) mass is 211 g/mol. The van der Waals surface area contributed by atoms with Crippen LogP contribution in [-0.4, -0.2) is 9.55 Å². The fourth-order valence-electron chi connectivity index (χ4n) is 2.17. The lowest BCUT2D eigenvalue weighted by atomic mass is 10.2. The number of nitrogens with two attached hydrogens (primary N) is 1. The molecule has 80 valence electrons. The van der Waals surface area contributed by atoms with E-state index in [1.807, 2.05) is 18.3 Å². The first-order valence-electron chi connectivity index (χ1n) is 5.33. The van der Waals surface area contributed by atoms with Gasteiger partial charge in [0.15, 0.2) is 0 Å². The number of benzene rings is 1. The lowest BCUT2D eigenvalue weighted by Crippen LogP contribution is -1.97. The van der Waals surface area contributed by atoms with Crippen LogP contribution in [0, 0.1) is 0 Å². The topological polar surface area (TPSA) is 43.8 Å². The van der Waals surface area contributed by atoms with Gasteiger partial charge in [-0.1, -0.05) is 18.2 Å². The maximum absolute atomic E-state index is 5.64. The Hall–Kier alpha value is -1.87. The molecule has 0 aliphatic heterocycles. The molecule has 0 radical (unpaired) electrons. The van der Waals surface area contributed by atoms with E-state index in [1.165, 1.54) is 10.9 Å². The van der Waals surface area contributed by atoms with Crippen LogP contribution in [0.4, 0.5) is 0 Å². The second-order valence-electron chi connectivity index (χ2n) is 3.99. The van der Waals surface area contributed by atoms with Gasteiger partial charge in [-0.25, -0.2) is 0 Å². The summed E-state index contributed by atoms with van der Waals surface area (Å²) >= 11 is 0. The van der Waals surface area contributed by atoms with Gasteiger partial charge in [0, 0.05) is 25.2 Å². The third-order valence-electron chi connectivity index (χ3n) is 3.04. The van der Waals surface area contributed by atoms with Crippen LogP contribution in [0.5, 0.6) is 0 Å². The number of nitrogens with zero attached hydrogens (tertiary/aromatic N) is 2. The summed E-state index contributed by atoms with van der Waals surface area (Å²) in [4.78, 5) is 4.50. The molecule has 3 rings (SSSR count). The number of aryl methyl sites for hydroxylation is 1. The minimum Gasteiger partial charge on any atom is -0.342 e. The third kappa shape index (κ3) is 1.15. The fourth-order valence-corrected chi connectivity index (χ4v) is 2.17. The zero-order valence-corrected chi connectivity index (χ0v) is 9.14. The van der Waals surface area contributed by atoms with Crippen molar-refractivity contribution in [2.24, 2.45) is 12.8 Å². The first-order chi connectivity index (χ1) is 7.81. The van der Waals surface area contributed by atoms with Crippen LogP contribution < -0.4 is 5.73 Å². The zero-order chi connectivity index (χ0) is 11.1. The molecule has 16 heavy (non-hydrogen) atoms. The van der Waals surface area contributed by atoms with Crippen molar-refractivity contribution in [1.82, 2.24) is 9.55 Å². The minimum absolute atomic E-state index is 0.532. The molecule has 3 nitrogen and oxygen atoms in total. The number of para-hydroxylation sites is 1. The number of fused-ring (bicyclic) bond motifs is 3. The van der Waals surface area contributed by atoms with Crippen LogP contribution in [0.25, 0.3) is 21.9 Å². The number of hydrogen-bond acceptors (Lipinski definition) is 2. The molecule has 0 atom stereocenters. The molecule has 2 N–H and O–H groups in total. The molecular formula is C13H13N3. The molecular weight excluding hydrogens is 198 g/mol. The van der Waals surface area contributed by atoms with Gasteiger partial charge < -0.3 is 10.3 Å². The fraction of sp³-hybridized carbons (Fsp3) is 0.154. The van der Waals surface area contributed by atoms with E-state index in [2.05, 4.69) is 34.8 Å². The van der Waals surface area contributed by atoms with Crippen molar-refractivity contribution in [3.63, 3.8) is 0 Å². The predicted octanol–water partition coefficient (Wildman–Crippen LogP) is 2.19. The van der Waals surface area contributed by atoms with Crippen LogP contribution in [0.15, 0.2) is 36.5 Å². The average Bonchev–Trinajstić information content (AvgIpc) is 2.64. The molecule has 0 amide bonds. The Balaban J connectivity index is 2.51. The van der Waals surface area contributed by atoms with E-state index < -0.39 is 0 Å². The summed E-state index contributed by atoms with van der Waals surface area (Å²) in [5.74, 6) is 0. The zero-order valence-electron chi connectivity index (χ0n) is 9.14. The van der Waals surface area contributed by atoms with Crippen LogP contribution >= 0.6 is 0 Å². The first-order valence-corrected chi connectivity index (χ1v) is 5.33. The van der Waals surface area contributed by atoms with Gasteiger partial charge in [0.05, 0.1) is 16.6 Å². The molecule has 3 aromatic rings. The lowest BCUT2D eigenvalue weighted by molar-refractivity contribution is 1.000. The molecule has 0 saturated heterocycles. The summed E-state index contributed by atoms with van der Waals surface area (Å²) in [7, 11) is 2.06. The SMILES string of the molecule is Cn1c2ccccc2c2ncc(CN)cc21. The first kappa shape index (κ1) is 9.36. The molecule has 2 aromatic heterocycles. The average molecular weight is 211 g/mol. The van der Waals surface area contributed by atoms with Gasteiger partial charge in [0.1, 0.15) is 0 Å². The standard InChI is InChI=1S/C13H13N3/c1-16-11-5-3-2-4-10(11)13-12(16)6-9(7-14)8-15-13/h2-6,8H,7,14H2,1H3. The Morgan fingerprint density at radius 3 is 2.88 bits per heavy atom. The second-order valence-corrected chi connectivity index (χ2v) is 3.99. The van der Waals surface area contributed by atoms with Crippen molar-refractivity contribution in [3.8, 4) is 0 Å². The third-order valence-corrected chi connectivity index (χ3v) is 3.04. The largest absolute Gasteiger partial charge is 0.342 e. The van der Waals surface area contributed by atoms with Crippen LogP contribution in [-0.2, 0) is 13.6 Å². The van der Waals surface area contributed by atoms with E-state index >= 15 is 0 Å². The van der Waals surface area contributed by atoms with Crippen LogP contribution in [0.1, 0.15) is 5.56 Å². The number of aromatic nitrogens is 2. The van der Waals surface area contributed by atoms with Crippen molar-refractivity contribution < 1.29 is 0 Å². The van der Waals surface area contributed by atoms with Gasteiger partial charge in [0.2, 0.25) is 0 Å². The molecule has 1 aromatic carbocycles. The van der Waals surface area contributed by atoms with Gasteiger partial charge in [-0.15, -0.1) is 0 Å². The van der Waals surface area contributed by atoms with E-state index in [1.54, 1.807) is 0 Å². The van der Waals surface area contributed by atoms with Gasteiger partial charge in [0.25, 0.3) is 0 Å². The Morgan fingerprint density at radius 2 is 2.06 bits per heavy atom. The highest BCUT2D eigenvalue weighted by molar-refractivity contribution is 6.05. The van der Waals surface area contributed by atoms with Crippen molar-refractivity contribution in [1.29, 1.82) is 0 Å². The van der Waals surface area contributed by atoms with E-state index in [0.29, 0.717) is 6.54 Å². The highest BCUT2D eigenvalue weighted by Crippen LogP contribution is 2.26. The molecule has 0 fully saturated rings. The lowest BCUT2D eigenvalue weighted by Gasteiger charge is -1.99. The van der Waals surface area contributed by atoms with E-state index in [0.717, 1.165) is 16.6 Å². The summed E-state index contributed by atoms with van der Waals surface area (Å²) in [5.41, 5.74) is 10.1. The molecule has 0 spiro atoms. The normalized spacial score (nSPS) is 11.4. The molecule has 0 aliphatic carbocycles. The minimum atomic E-state index is 0.532. The Bertz CT molecular complexity index is 667. The van der Waals surface area contributed by atoms with Gasteiger partial charge in [-0.2, -0.15) is 0 Å². The van der Waals surface area contributed by atoms with E-state index in [-0.39, 0.29) is 0 Å². The Morgan fingerprint density at radius 1 is 1.25 bits per heavy atom. The summed E-state index contributed by atoms with van der Waals surface area (Å²) in [6.07, 6.45) is 1.86. The highest BCUT2D eigenvalue weighted by atomic mass is 15.0. The summed E-state index contributed by atoms with van der Waals surface area (Å²) < 4.78 is 2.16. The Labute approximate surface area is 93.5 Å². The van der Waals surface area contributed by atoms with Crippen molar-refractivity contribution >= 4 is 21.9 Å². The summed E-state index contributed by atoms with van der Waals surface area (Å²) in [5, 5.41) is 1.20. The van der Waals surface area contributed by atoms with E-state index in [4.69, 9.17) is 5.73 Å². The number of hydrogen-bond donors (Lipinski definition) is 1. The van der Waals surface area contributed by atoms with Crippen LogP contribution in [0.2, 0.25) is 0 Å². The maximum atomic E-state index is 5.64. The number of rotatable bonds is 1. The van der Waals surface area contributed by atoms with Crippen molar-refractivity contribution in [2.45, 2.75) is 6.54 Å². The number of pyridine rings is 1. The quantitative estimate of drug-likeness (QED) is 0.670. The van der Waals surface area contributed by atoms with Crippen LogP contribution in [0.3, 0.4) is 0 Å². The maximum Gasteiger partial charge on any atom is 0.0959 e. The molecule has 0 unspecified atom stereocenters. The molecule has 2 heterocycles. The highest BCUT2D eigenvalue weighted by Gasteiger charge is 2.08. The Kier molecular flexibility index (Phi) is 1.94. The molecule has 0 aliphatic rings. The molecule has 3 heteroatoms. The van der Waals surface area contributed by atoms with Crippen molar-refractivity contribution in [3.05, 3.63) is 42.1 Å². The second kappa shape index (κ2) is 3.32. The molecule has 0 bridgehead atoms. The predicted molar refractivity (Wildman–Crippen MR) is 66.1 cm³/mol. The van der Waals surface area contributed by atoms with Crippen molar-refractivity contribution in [2.75, 3.05) is 0 Å². The summed E-state index contributed by atoms with van der Waals surface area (Å²) in [6, 6.07) is 10.4. The van der Waals surface area contributed by atoms with Gasteiger partial charge in [-0.05, 0) is 17.7 Å². The van der Waals surface area contributed by atoms with Gasteiger partial charge >= 0.3 is 0 Å². The smallest absolute Gasteiger partial charge is 0.0959 e. The van der Waals surface area contributed by atoms with E-state index in [9.17, 15) is 0 Å². The summed E-state index contributed by atoms with van der Waals surface area (Å²) in [6.45, 7) is 0.532. The van der Waals surface area contributed by atoms with Gasteiger partial charge in [-0.3, -0.25) is 4.98 Å².